The van der Waals surface area contributed by atoms with Crippen LogP contribution in [0.3, 0.4) is 0 Å². The van der Waals surface area contributed by atoms with Crippen LogP contribution in [0.15, 0.2) is 12.4 Å². The first-order valence-corrected chi connectivity index (χ1v) is 8.11. The van der Waals surface area contributed by atoms with Crippen molar-refractivity contribution in [2.75, 3.05) is 13.2 Å². The third-order valence-corrected chi connectivity index (χ3v) is 3.82. The normalized spacial score (nSPS) is 20.3. The Labute approximate surface area is 137 Å². The first-order valence-electron chi connectivity index (χ1n) is 8.11. The van der Waals surface area contributed by atoms with Crippen molar-refractivity contribution in [2.24, 2.45) is 5.41 Å². The van der Waals surface area contributed by atoms with Crippen molar-refractivity contribution in [3.8, 4) is 0 Å². The molecule has 6 heteroatoms. The summed E-state index contributed by atoms with van der Waals surface area (Å²) in [6.07, 6.45) is 5.20. The van der Waals surface area contributed by atoms with Crippen LogP contribution in [0.4, 0.5) is 0 Å². The van der Waals surface area contributed by atoms with E-state index in [1.165, 1.54) is 6.20 Å². The van der Waals surface area contributed by atoms with Gasteiger partial charge in [0.15, 0.2) is 6.29 Å². The summed E-state index contributed by atoms with van der Waals surface area (Å²) in [7, 11) is 0. The molecule has 6 nitrogen and oxygen atoms in total. The van der Waals surface area contributed by atoms with Crippen molar-refractivity contribution in [3.05, 3.63) is 23.8 Å². The maximum atomic E-state index is 12.0. The number of carbonyl (C=O) groups is 1. The van der Waals surface area contributed by atoms with E-state index < -0.39 is 11.5 Å². The molecule has 2 atom stereocenters. The molecule has 1 fully saturated rings. The average molecular weight is 322 g/mol. The van der Waals surface area contributed by atoms with Crippen LogP contribution in [0.25, 0.3) is 0 Å². The minimum absolute atomic E-state index is 0.109. The van der Waals surface area contributed by atoms with Gasteiger partial charge < -0.3 is 14.6 Å². The summed E-state index contributed by atoms with van der Waals surface area (Å²) in [6, 6.07) is 0. The summed E-state index contributed by atoms with van der Waals surface area (Å²) in [5.74, 6) is 0.109. The lowest BCUT2D eigenvalue weighted by molar-refractivity contribution is -0.176. The Bertz CT molecular complexity index is 504. The molecule has 0 saturated carbocycles. The molecular weight excluding hydrogens is 296 g/mol. The summed E-state index contributed by atoms with van der Waals surface area (Å²) in [4.78, 5) is 20.4. The summed E-state index contributed by atoms with van der Waals surface area (Å²) < 4.78 is 11.0. The van der Waals surface area contributed by atoms with Crippen LogP contribution in [0.1, 0.15) is 57.5 Å². The van der Waals surface area contributed by atoms with Crippen molar-refractivity contribution < 1.29 is 19.4 Å². The Kier molecular flexibility index (Phi) is 6.21. The minimum atomic E-state index is -0.847. The maximum absolute atomic E-state index is 12.0. The van der Waals surface area contributed by atoms with E-state index in [-0.39, 0.29) is 25.1 Å². The van der Waals surface area contributed by atoms with Crippen molar-refractivity contribution in [3.63, 3.8) is 0 Å². The molecule has 0 radical (unpaired) electrons. The van der Waals surface area contributed by atoms with Crippen molar-refractivity contribution >= 4 is 5.78 Å². The van der Waals surface area contributed by atoms with Crippen LogP contribution >= 0.6 is 0 Å². The Hall–Kier alpha value is -1.37. The molecule has 0 spiro atoms. The van der Waals surface area contributed by atoms with Crippen molar-refractivity contribution in [1.82, 2.24) is 9.97 Å². The molecule has 2 rings (SSSR count). The Morgan fingerprint density at radius 3 is 2.74 bits per heavy atom. The first-order chi connectivity index (χ1) is 10.9. The highest BCUT2D eigenvalue weighted by Gasteiger charge is 2.22. The van der Waals surface area contributed by atoms with Crippen LogP contribution in [0.5, 0.6) is 0 Å². The van der Waals surface area contributed by atoms with Gasteiger partial charge in [0.25, 0.3) is 0 Å². The van der Waals surface area contributed by atoms with Gasteiger partial charge in [-0.1, -0.05) is 20.8 Å². The van der Waals surface area contributed by atoms with E-state index in [0.717, 1.165) is 19.3 Å². The number of aromatic nitrogens is 2. The molecule has 1 aromatic rings. The summed E-state index contributed by atoms with van der Waals surface area (Å²) in [5.41, 5.74) is 0.651. The number of rotatable bonds is 6. The van der Waals surface area contributed by atoms with Gasteiger partial charge in [-0.3, -0.25) is 14.8 Å². The molecule has 1 aromatic heterocycles. The standard InChI is InChI=1S/C17H26N2O4/c1-17(2,3)15(21)8-12-9-19-13(10-18-12)14(20)11-23-16-6-4-5-7-22-16/h9-10,14,16,20H,4-8,11H2,1-3H3/t14-,16?/m1/s1. The zero-order valence-corrected chi connectivity index (χ0v) is 14.1. The highest BCUT2D eigenvalue weighted by molar-refractivity contribution is 5.85. The molecule has 1 aliphatic rings. The van der Waals surface area contributed by atoms with Crippen LogP contribution in [0.2, 0.25) is 0 Å². The topological polar surface area (TPSA) is 81.5 Å². The molecule has 0 amide bonds. The third kappa shape index (κ3) is 5.64. The smallest absolute Gasteiger partial charge is 0.157 e. The number of ether oxygens (including phenoxy) is 2. The largest absolute Gasteiger partial charge is 0.384 e. The first kappa shape index (κ1) is 18.0. The number of ketones is 1. The summed E-state index contributed by atoms with van der Waals surface area (Å²) in [5, 5.41) is 10.1. The second kappa shape index (κ2) is 7.95. The van der Waals surface area contributed by atoms with Gasteiger partial charge in [0.05, 0.1) is 30.6 Å². The fourth-order valence-corrected chi connectivity index (χ4v) is 2.18. The minimum Gasteiger partial charge on any atom is -0.384 e. The van der Waals surface area contributed by atoms with Gasteiger partial charge in [-0.2, -0.15) is 0 Å². The maximum Gasteiger partial charge on any atom is 0.157 e. The number of aliphatic hydroxyl groups is 1. The second-order valence-corrected chi connectivity index (χ2v) is 6.93. The number of carbonyl (C=O) groups excluding carboxylic acids is 1. The van der Waals surface area contributed by atoms with E-state index in [9.17, 15) is 9.90 Å². The van der Waals surface area contributed by atoms with E-state index in [1.54, 1.807) is 6.20 Å². The zero-order chi connectivity index (χ0) is 16.9. The van der Waals surface area contributed by atoms with Crippen molar-refractivity contribution in [2.45, 2.75) is 58.8 Å². The molecule has 23 heavy (non-hydrogen) atoms. The summed E-state index contributed by atoms with van der Waals surface area (Å²) >= 11 is 0. The highest BCUT2D eigenvalue weighted by atomic mass is 16.7. The van der Waals surface area contributed by atoms with E-state index in [0.29, 0.717) is 18.0 Å². The molecule has 128 valence electrons. The number of hydrogen-bond donors (Lipinski definition) is 1. The highest BCUT2D eigenvalue weighted by Crippen LogP contribution is 2.19. The van der Waals surface area contributed by atoms with E-state index in [2.05, 4.69) is 9.97 Å². The zero-order valence-electron chi connectivity index (χ0n) is 14.1. The number of aliphatic hydroxyl groups excluding tert-OH is 1. The van der Waals surface area contributed by atoms with Crippen LogP contribution in [0, 0.1) is 5.41 Å². The van der Waals surface area contributed by atoms with Gasteiger partial charge in [0.2, 0.25) is 0 Å². The second-order valence-electron chi connectivity index (χ2n) is 6.93. The summed E-state index contributed by atoms with van der Waals surface area (Å²) in [6.45, 7) is 6.47. The van der Waals surface area contributed by atoms with E-state index >= 15 is 0 Å². The molecule has 2 heterocycles. The van der Waals surface area contributed by atoms with Crippen LogP contribution < -0.4 is 0 Å². The number of Topliss-reactive ketones (excluding diaryl/α,β-unsaturated/α-hetero) is 1. The molecular formula is C17H26N2O4. The van der Waals surface area contributed by atoms with Gasteiger partial charge in [-0.15, -0.1) is 0 Å². The molecule has 1 unspecified atom stereocenters. The predicted octanol–water partition coefficient (Wildman–Crippen LogP) is 2.21. The Balaban J connectivity index is 1.84. The van der Waals surface area contributed by atoms with Crippen molar-refractivity contribution in [1.29, 1.82) is 0 Å². The number of nitrogens with zero attached hydrogens (tertiary/aromatic N) is 2. The third-order valence-electron chi connectivity index (χ3n) is 3.82. The van der Waals surface area contributed by atoms with Crippen LogP contribution in [-0.2, 0) is 20.7 Å². The predicted molar refractivity (Wildman–Crippen MR) is 84.7 cm³/mol. The molecule has 1 saturated heterocycles. The molecule has 1 N–H and O–H groups in total. The lowest BCUT2D eigenvalue weighted by Gasteiger charge is -2.23. The lowest BCUT2D eigenvalue weighted by atomic mass is 9.88. The van der Waals surface area contributed by atoms with Gasteiger partial charge in [-0.25, -0.2) is 0 Å². The van der Waals surface area contributed by atoms with Gasteiger partial charge >= 0.3 is 0 Å². The molecule has 0 aliphatic carbocycles. The Morgan fingerprint density at radius 1 is 1.39 bits per heavy atom. The molecule has 0 bridgehead atoms. The quantitative estimate of drug-likeness (QED) is 0.865. The average Bonchev–Trinajstić information content (AvgIpc) is 2.53. The van der Waals surface area contributed by atoms with Crippen LogP contribution in [-0.4, -0.2) is 40.4 Å². The van der Waals surface area contributed by atoms with E-state index in [1.807, 2.05) is 20.8 Å². The Morgan fingerprint density at radius 2 is 2.17 bits per heavy atom. The molecule has 0 aromatic carbocycles. The van der Waals surface area contributed by atoms with Gasteiger partial charge in [0.1, 0.15) is 11.9 Å². The fourth-order valence-electron chi connectivity index (χ4n) is 2.18. The van der Waals surface area contributed by atoms with Gasteiger partial charge in [0, 0.05) is 18.2 Å². The molecule has 1 aliphatic heterocycles. The monoisotopic (exact) mass is 322 g/mol. The van der Waals surface area contributed by atoms with E-state index in [4.69, 9.17) is 9.47 Å². The SMILES string of the molecule is CC(C)(C)C(=O)Cc1cnc([C@H](O)COC2CCCCO2)cn1. The van der Waals surface area contributed by atoms with Gasteiger partial charge in [-0.05, 0) is 19.3 Å². The lowest BCUT2D eigenvalue weighted by Crippen LogP contribution is -2.25. The number of hydrogen-bond acceptors (Lipinski definition) is 6. The fraction of sp³-hybridized carbons (Fsp3) is 0.706.